The van der Waals surface area contributed by atoms with E-state index in [0.717, 1.165) is 24.9 Å². The van der Waals surface area contributed by atoms with Gasteiger partial charge in [-0.25, -0.2) is 8.78 Å². The normalized spacial score (nSPS) is 18.6. The van der Waals surface area contributed by atoms with E-state index >= 15 is 0 Å². The molecule has 0 aliphatic carbocycles. The van der Waals surface area contributed by atoms with Crippen LogP contribution in [0.5, 0.6) is 5.75 Å². The molecule has 1 aromatic rings. The fourth-order valence-corrected chi connectivity index (χ4v) is 2.31. The third-order valence-electron chi connectivity index (χ3n) is 3.49. The van der Waals surface area contributed by atoms with E-state index in [0.29, 0.717) is 18.0 Å². The maximum absolute atomic E-state index is 12.2. The quantitative estimate of drug-likeness (QED) is 0.878. The third-order valence-corrected chi connectivity index (χ3v) is 3.49. The Morgan fingerprint density at radius 3 is 3.00 bits per heavy atom. The lowest BCUT2D eigenvalue weighted by Crippen LogP contribution is -2.37. The molecule has 2 N–H and O–H groups in total. The van der Waals surface area contributed by atoms with Gasteiger partial charge in [-0.15, -0.1) is 0 Å². The number of rotatable bonds is 5. The molecule has 1 saturated heterocycles. The highest BCUT2D eigenvalue weighted by Gasteiger charge is 2.21. The van der Waals surface area contributed by atoms with Gasteiger partial charge in [-0.1, -0.05) is 6.07 Å². The maximum atomic E-state index is 12.2. The van der Waals surface area contributed by atoms with Gasteiger partial charge in [-0.2, -0.15) is 0 Å². The summed E-state index contributed by atoms with van der Waals surface area (Å²) >= 11 is 0. The van der Waals surface area contributed by atoms with E-state index < -0.39 is 13.0 Å². The Morgan fingerprint density at radius 2 is 2.33 bits per heavy atom. The first kappa shape index (κ1) is 15.7. The molecule has 1 aliphatic heterocycles. The molecule has 0 aromatic heterocycles. The molecule has 0 saturated carbocycles. The average molecular weight is 298 g/mol. The predicted molar refractivity (Wildman–Crippen MR) is 76.9 cm³/mol. The van der Waals surface area contributed by atoms with Gasteiger partial charge in [0.25, 0.3) is 6.43 Å². The molecule has 1 atom stereocenters. The van der Waals surface area contributed by atoms with Crippen LogP contribution >= 0.6 is 0 Å². The van der Waals surface area contributed by atoms with Crippen LogP contribution in [0, 0.1) is 12.8 Å². The summed E-state index contributed by atoms with van der Waals surface area (Å²) in [6.45, 7) is 2.74. The highest BCUT2D eigenvalue weighted by molar-refractivity contribution is 5.93. The minimum absolute atomic E-state index is 0.0501. The van der Waals surface area contributed by atoms with Crippen molar-refractivity contribution in [3.8, 4) is 5.75 Å². The highest BCUT2D eigenvalue weighted by Crippen LogP contribution is 2.24. The first-order valence-corrected chi connectivity index (χ1v) is 7.09. The summed E-state index contributed by atoms with van der Waals surface area (Å²) < 4.78 is 29.5. The van der Waals surface area contributed by atoms with E-state index in [1.165, 1.54) is 0 Å². The molecule has 21 heavy (non-hydrogen) atoms. The van der Waals surface area contributed by atoms with E-state index in [9.17, 15) is 13.6 Å². The van der Waals surface area contributed by atoms with Crippen molar-refractivity contribution in [2.75, 3.05) is 25.0 Å². The van der Waals surface area contributed by atoms with Gasteiger partial charge in [0, 0.05) is 18.3 Å². The number of carbonyl (C=O) groups excluding carboxylic acids is 1. The van der Waals surface area contributed by atoms with Crippen molar-refractivity contribution in [2.24, 2.45) is 5.92 Å². The summed E-state index contributed by atoms with van der Waals surface area (Å²) in [5.74, 6) is 0.270. The number of hydrogen-bond donors (Lipinski definition) is 2. The molecule has 0 bridgehead atoms. The number of anilines is 1. The maximum Gasteiger partial charge on any atom is 0.272 e. The zero-order chi connectivity index (χ0) is 15.2. The summed E-state index contributed by atoms with van der Waals surface area (Å²) in [5, 5.41) is 6.01. The molecular weight excluding hydrogens is 278 g/mol. The average Bonchev–Trinajstić information content (AvgIpc) is 2.48. The van der Waals surface area contributed by atoms with Crippen molar-refractivity contribution in [3.63, 3.8) is 0 Å². The first-order valence-electron chi connectivity index (χ1n) is 7.09. The Morgan fingerprint density at radius 1 is 1.52 bits per heavy atom. The summed E-state index contributed by atoms with van der Waals surface area (Å²) in [5.41, 5.74) is 1.33. The molecule has 0 radical (unpaired) electrons. The van der Waals surface area contributed by atoms with Crippen LogP contribution in [0.2, 0.25) is 0 Å². The second-order valence-corrected chi connectivity index (χ2v) is 5.21. The van der Waals surface area contributed by atoms with Crippen molar-refractivity contribution < 1.29 is 18.3 Å². The molecule has 2 rings (SSSR count). The lowest BCUT2D eigenvalue weighted by Gasteiger charge is -2.22. The molecule has 1 aromatic carbocycles. The lowest BCUT2D eigenvalue weighted by molar-refractivity contribution is -0.120. The largest absolute Gasteiger partial charge is 0.487 e. The fraction of sp³-hybridized carbons (Fsp3) is 0.533. The first-order chi connectivity index (χ1) is 10.1. The van der Waals surface area contributed by atoms with Crippen molar-refractivity contribution in [2.45, 2.75) is 26.2 Å². The molecule has 1 fully saturated rings. The van der Waals surface area contributed by atoms with Crippen LogP contribution in [-0.2, 0) is 4.79 Å². The summed E-state index contributed by atoms with van der Waals surface area (Å²) in [4.78, 5) is 12.1. The molecule has 1 aliphatic rings. The second kappa shape index (κ2) is 7.36. The number of alkyl halides is 2. The molecule has 1 heterocycles. The van der Waals surface area contributed by atoms with Crippen LogP contribution < -0.4 is 15.4 Å². The standard InChI is InChI=1S/C15H20F2N2O2/c1-10-4-5-12(7-13(10)21-9-14(16)17)19-15(20)11-3-2-6-18-8-11/h4-5,7,11,14,18H,2-3,6,8-9H2,1H3,(H,19,20). The molecule has 1 unspecified atom stereocenters. The monoisotopic (exact) mass is 298 g/mol. The van der Waals surface area contributed by atoms with Gasteiger partial charge in [-0.05, 0) is 37.9 Å². The number of ether oxygens (including phenoxy) is 1. The third kappa shape index (κ3) is 4.67. The highest BCUT2D eigenvalue weighted by atomic mass is 19.3. The van der Waals surface area contributed by atoms with Crippen molar-refractivity contribution in [1.82, 2.24) is 5.32 Å². The Bertz CT molecular complexity index is 489. The zero-order valence-corrected chi connectivity index (χ0v) is 12.0. The van der Waals surface area contributed by atoms with Crippen LogP contribution in [0.4, 0.5) is 14.5 Å². The Hall–Kier alpha value is -1.69. The van der Waals surface area contributed by atoms with Gasteiger partial charge in [0.05, 0.1) is 5.92 Å². The van der Waals surface area contributed by atoms with Crippen LogP contribution in [0.15, 0.2) is 18.2 Å². The molecule has 116 valence electrons. The summed E-state index contributed by atoms with van der Waals surface area (Å²) in [6.07, 6.45) is -0.676. The predicted octanol–water partition coefficient (Wildman–Crippen LogP) is 2.58. The molecule has 0 spiro atoms. The second-order valence-electron chi connectivity index (χ2n) is 5.21. The zero-order valence-electron chi connectivity index (χ0n) is 12.0. The van der Waals surface area contributed by atoms with Gasteiger partial charge in [-0.3, -0.25) is 4.79 Å². The minimum atomic E-state index is -2.52. The number of amides is 1. The number of carbonyl (C=O) groups is 1. The van der Waals surface area contributed by atoms with E-state index in [2.05, 4.69) is 10.6 Å². The number of nitrogens with one attached hydrogen (secondary N) is 2. The van der Waals surface area contributed by atoms with Crippen LogP contribution in [-0.4, -0.2) is 32.0 Å². The van der Waals surface area contributed by atoms with Crippen molar-refractivity contribution >= 4 is 11.6 Å². The Labute approximate surface area is 122 Å². The lowest BCUT2D eigenvalue weighted by atomic mass is 9.99. The summed E-state index contributed by atoms with van der Waals surface area (Å²) in [7, 11) is 0. The Balaban J connectivity index is 1.99. The fourth-order valence-electron chi connectivity index (χ4n) is 2.31. The molecule has 6 heteroatoms. The molecule has 1 amide bonds. The topological polar surface area (TPSA) is 50.4 Å². The number of halogens is 2. The summed E-state index contributed by atoms with van der Waals surface area (Å²) in [6, 6.07) is 5.08. The van der Waals surface area contributed by atoms with E-state index in [4.69, 9.17) is 4.74 Å². The van der Waals surface area contributed by atoms with Crippen molar-refractivity contribution in [1.29, 1.82) is 0 Å². The van der Waals surface area contributed by atoms with Crippen LogP contribution in [0.1, 0.15) is 18.4 Å². The van der Waals surface area contributed by atoms with Gasteiger partial charge in [0.2, 0.25) is 5.91 Å². The number of aryl methyl sites for hydroxylation is 1. The smallest absolute Gasteiger partial charge is 0.272 e. The van der Waals surface area contributed by atoms with E-state index in [1.54, 1.807) is 25.1 Å². The van der Waals surface area contributed by atoms with Crippen LogP contribution in [0.3, 0.4) is 0 Å². The van der Waals surface area contributed by atoms with Gasteiger partial charge in [0.1, 0.15) is 12.4 Å². The van der Waals surface area contributed by atoms with Gasteiger partial charge >= 0.3 is 0 Å². The molecular formula is C15H20F2N2O2. The molecule has 4 nitrogen and oxygen atoms in total. The number of hydrogen-bond acceptors (Lipinski definition) is 3. The Kier molecular flexibility index (Phi) is 5.50. The minimum Gasteiger partial charge on any atom is -0.487 e. The van der Waals surface area contributed by atoms with Crippen molar-refractivity contribution in [3.05, 3.63) is 23.8 Å². The van der Waals surface area contributed by atoms with Gasteiger partial charge < -0.3 is 15.4 Å². The SMILES string of the molecule is Cc1ccc(NC(=O)C2CCCNC2)cc1OCC(F)F. The van der Waals surface area contributed by atoms with E-state index in [1.807, 2.05) is 0 Å². The number of piperidine rings is 1. The van der Waals surface area contributed by atoms with Crippen LogP contribution in [0.25, 0.3) is 0 Å². The van der Waals surface area contributed by atoms with E-state index in [-0.39, 0.29) is 11.8 Å². The van der Waals surface area contributed by atoms with Gasteiger partial charge in [0.15, 0.2) is 0 Å². The number of benzene rings is 1.